The highest BCUT2D eigenvalue weighted by Gasteiger charge is 2.17. The third-order valence-electron chi connectivity index (χ3n) is 4.39. The Morgan fingerprint density at radius 2 is 2.11 bits per heavy atom. The van der Waals surface area contributed by atoms with Crippen molar-refractivity contribution in [3.05, 3.63) is 59.6 Å². The molecule has 8 heteroatoms. The number of aliphatic imine (C=N–C) groups is 1. The lowest BCUT2D eigenvalue weighted by molar-refractivity contribution is 0.623. The van der Waals surface area contributed by atoms with Crippen molar-refractivity contribution in [1.29, 1.82) is 5.41 Å². The standard InChI is InChI=1S/C20H24FN7/c1-2-4-15(13-5-7-14(21)8-6-13)28-17-11-16(26-12-27-17)18(19(22)23)20-24-9-3-10-25-20/h5-9,11-12,15,25H,2-4,10H2,1H3,(H3,22,23)(H,26,27,28)/b20-18-. The molecule has 0 bridgehead atoms. The molecule has 1 aliphatic heterocycles. The fourth-order valence-electron chi connectivity index (χ4n) is 3.05. The molecular formula is C20H24FN7. The molecule has 28 heavy (non-hydrogen) atoms. The monoisotopic (exact) mass is 381 g/mol. The highest BCUT2D eigenvalue weighted by atomic mass is 19.1. The smallest absolute Gasteiger partial charge is 0.138 e. The van der Waals surface area contributed by atoms with Gasteiger partial charge in [-0.1, -0.05) is 25.5 Å². The number of anilines is 1. The summed E-state index contributed by atoms with van der Waals surface area (Å²) in [6, 6.07) is 8.18. The highest BCUT2D eigenvalue weighted by molar-refractivity contribution is 6.20. The van der Waals surface area contributed by atoms with E-state index in [1.54, 1.807) is 24.4 Å². The van der Waals surface area contributed by atoms with Crippen molar-refractivity contribution in [3.8, 4) is 0 Å². The van der Waals surface area contributed by atoms with Crippen LogP contribution in [0.4, 0.5) is 10.2 Å². The van der Waals surface area contributed by atoms with Crippen LogP contribution in [0.25, 0.3) is 5.57 Å². The average Bonchev–Trinajstić information content (AvgIpc) is 2.69. The maximum atomic E-state index is 13.3. The predicted molar refractivity (Wildman–Crippen MR) is 110 cm³/mol. The summed E-state index contributed by atoms with van der Waals surface area (Å²) in [6.07, 6.45) is 5.86. The molecule has 1 unspecified atom stereocenters. The molecule has 1 aliphatic rings. The topological polar surface area (TPSA) is 112 Å². The normalized spacial score (nSPS) is 16.2. The van der Waals surface area contributed by atoms with Crippen molar-refractivity contribution >= 4 is 23.4 Å². The first kappa shape index (κ1) is 19.5. The first-order chi connectivity index (χ1) is 13.6. The van der Waals surface area contributed by atoms with Crippen LogP contribution in [0.1, 0.15) is 43.5 Å². The molecule has 146 valence electrons. The number of amidine groups is 1. The number of nitrogens with two attached hydrogens (primary N) is 1. The Balaban J connectivity index is 1.91. The van der Waals surface area contributed by atoms with Crippen molar-refractivity contribution in [2.75, 3.05) is 11.9 Å². The summed E-state index contributed by atoms with van der Waals surface area (Å²) >= 11 is 0. The minimum Gasteiger partial charge on any atom is -0.384 e. The molecule has 1 aromatic carbocycles. The molecular weight excluding hydrogens is 357 g/mol. The fraction of sp³-hybridized carbons (Fsp3) is 0.300. The summed E-state index contributed by atoms with van der Waals surface area (Å²) in [6.45, 7) is 2.82. The zero-order chi connectivity index (χ0) is 19.9. The number of hydrogen-bond donors (Lipinski definition) is 4. The Labute approximate surface area is 163 Å². The van der Waals surface area contributed by atoms with Crippen LogP contribution in [0.15, 0.2) is 47.5 Å². The van der Waals surface area contributed by atoms with Crippen molar-refractivity contribution in [2.24, 2.45) is 10.7 Å². The third-order valence-corrected chi connectivity index (χ3v) is 4.39. The Morgan fingerprint density at radius 1 is 1.32 bits per heavy atom. The quantitative estimate of drug-likeness (QED) is 0.434. The molecule has 1 atom stereocenters. The number of nitrogens with zero attached hydrogens (tertiary/aromatic N) is 3. The van der Waals surface area contributed by atoms with Crippen LogP contribution in [0.3, 0.4) is 0 Å². The number of halogens is 1. The van der Waals surface area contributed by atoms with Crippen LogP contribution < -0.4 is 16.4 Å². The second-order valence-corrected chi connectivity index (χ2v) is 6.49. The first-order valence-corrected chi connectivity index (χ1v) is 9.28. The van der Waals surface area contributed by atoms with E-state index in [2.05, 4.69) is 32.5 Å². The van der Waals surface area contributed by atoms with Gasteiger partial charge < -0.3 is 16.4 Å². The maximum absolute atomic E-state index is 13.3. The van der Waals surface area contributed by atoms with Gasteiger partial charge in [-0.15, -0.1) is 0 Å². The number of rotatable bonds is 7. The van der Waals surface area contributed by atoms with Gasteiger partial charge >= 0.3 is 0 Å². The van der Waals surface area contributed by atoms with Crippen LogP contribution in [0, 0.1) is 11.2 Å². The third kappa shape index (κ3) is 4.70. The van der Waals surface area contributed by atoms with Gasteiger partial charge in [-0.05, 0) is 24.1 Å². The summed E-state index contributed by atoms with van der Waals surface area (Å²) in [5.74, 6) is 0.760. The van der Waals surface area contributed by atoms with Crippen molar-refractivity contribution in [1.82, 2.24) is 15.3 Å². The molecule has 0 radical (unpaired) electrons. The molecule has 0 spiro atoms. The molecule has 3 rings (SSSR count). The van der Waals surface area contributed by atoms with E-state index in [0.717, 1.165) is 31.4 Å². The highest BCUT2D eigenvalue weighted by Crippen LogP contribution is 2.25. The Kier molecular flexibility index (Phi) is 6.31. The molecule has 0 aliphatic carbocycles. The second-order valence-electron chi connectivity index (χ2n) is 6.49. The van der Waals surface area contributed by atoms with E-state index in [0.29, 0.717) is 22.9 Å². The van der Waals surface area contributed by atoms with Crippen LogP contribution in [-0.4, -0.2) is 28.6 Å². The largest absolute Gasteiger partial charge is 0.384 e. The van der Waals surface area contributed by atoms with Gasteiger partial charge in [-0.3, -0.25) is 5.41 Å². The zero-order valence-corrected chi connectivity index (χ0v) is 15.7. The molecule has 7 nitrogen and oxygen atoms in total. The van der Waals surface area contributed by atoms with Gasteiger partial charge in [-0.2, -0.15) is 0 Å². The van der Waals surface area contributed by atoms with Crippen molar-refractivity contribution < 1.29 is 4.39 Å². The fourth-order valence-corrected chi connectivity index (χ4v) is 3.05. The SMILES string of the molecule is CCCC(Nc1cc(/C(C(=N)N)=C2\N=CCCN2)ncn1)c1ccc(F)cc1. The average molecular weight is 381 g/mol. The van der Waals surface area contributed by atoms with E-state index in [-0.39, 0.29) is 17.7 Å². The van der Waals surface area contributed by atoms with Crippen LogP contribution in [0.2, 0.25) is 0 Å². The molecule has 0 saturated carbocycles. The number of hydrogen-bond acceptors (Lipinski definition) is 6. The lowest BCUT2D eigenvalue weighted by Crippen LogP contribution is -2.24. The lowest BCUT2D eigenvalue weighted by Gasteiger charge is -2.20. The van der Waals surface area contributed by atoms with Gasteiger partial charge in [0.25, 0.3) is 0 Å². The Hall–Kier alpha value is -3.29. The number of nitrogens with one attached hydrogen (secondary N) is 3. The van der Waals surface area contributed by atoms with E-state index >= 15 is 0 Å². The van der Waals surface area contributed by atoms with Gasteiger partial charge in [0.15, 0.2) is 0 Å². The number of aromatic nitrogens is 2. The molecule has 5 N–H and O–H groups in total. The summed E-state index contributed by atoms with van der Waals surface area (Å²) in [5, 5.41) is 14.5. The summed E-state index contributed by atoms with van der Waals surface area (Å²) in [7, 11) is 0. The molecule has 0 fully saturated rings. The van der Waals surface area contributed by atoms with Gasteiger partial charge in [0, 0.05) is 25.2 Å². The van der Waals surface area contributed by atoms with Crippen molar-refractivity contribution in [3.63, 3.8) is 0 Å². The molecule has 0 amide bonds. The van der Waals surface area contributed by atoms with Gasteiger partial charge in [-0.25, -0.2) is 19.4 Å². The first-order valence-electron chi connectivity index (χ1n) is 9.28. The second kappa shape index (κ2) is 9.07. The van der Waals surface area contributed by atoms with Crippen molar-refractivity contribution in [2.45, 2.75) is 32.2 Å². The Morgan fingerprint density at radius 3 is 2.75 bits per heavy atom. The molecule has 2 heterocycles. The van der Waals surface area contributed by atoms with E-state index in [4.69, 9.17) is 11.1 Å². The van der Waals surface area contributed by atoms with Gasteiger partial charge in [0.05, 0.1) is 17.3 Å². The van der Waals surface area contributed by atoms with E-state index in [9.17, 15) is 4.39 Å². The minimum absolute atomic E-state index is 0.0207. The predicted octanol–water partition coefficient (Wildman–Crippen LogP) is 3.24. The molecule has 0 saturated heterocycles. The molecule has 2 aromatic rings. The lowest BCUT2D eigenvalue weighted by atomic mass is 10.0. The van der Waals surface area contributed by atoms with E-state index in [1.807, 2.05) is 0 Å². The summed E-state index contributed by atoms with van der Waals surface area (Å²) in [4.78, 5) is 12.9. The van der Waals surface area contributed by atoms with Crippen LogP contribution in [-0.2, 0) is 0 Å². The zero-order valence-electron chi connectivity index (χ0n) is 15.7. The summed E-state index contributed by atoms with van der Waals surface area (Å²) in [5.41, 5.74) is 7.73. The van der Waals surface area contributed by atoms with Gasteiger partial charge in [0.1, 0.15) is 29.6 Å². The van der Waals surface area contributed by atoms with E-state index in [1.165, 1.54) is 18.5 Å². The molecule has 1 aromatic heterocycles. The maximum Gasteiger partial charge on any atom is 0.138 e. The number of benzene rings is 1. The van der Waals surface area contributed by atoms with Gasteiger partial charge in [0.2, 0.25) is 0 Å². The van der Waals surface area contributed by atoms with Crippen LogP contribution in [0.5, 0.6) is 0 Å². The van der Waals surface area contributed by atoms with Crippen LogP contribution >= 0.6 is 0 Å². The Bertz CT molecular complexity index is 890. The van der Waals surface area contributed by atoms with E-state index < -0.39 is 0 Å². The summed E-state index contributed by atoms with van der Waals surface area (Å²) < 4.78 is 13.3. The minimum atomic E-state index is -0.262.